The highest BCUT2D eigenvalue weighted by Gasteiger charge is 2.33. The lowest BCUT2D eigenvalue weighted by Gasteiger charge is -2.38. The van der Waals surface area contributed by atoms with Crippen molar-refractivity contribution >= 4 is 27.5 Å². The Bertz CT molecular complexity index is 813. The van der Waals surface area contributed by atoms with E-state index < -0.39 is 0 Å². The van der Waals surface area contributed by atoms with E-state index in [4.69, 9.17) is 9.47 Å². The molecule has 1 fully saturated rings. The molecule has 3 heterocycles. The number of likely N-dealkylation sites (tertiary alicyclic amines) is 1. The minimum Gasteiger partial charge on any atom is -0.482 e. The Morgan fingerprint density at radius 3 is 2.92 bits per heavy atom. The van der Waals surface area contributed by atoms with Crippen LogP contribution in [0, 0.1) is 0 Å². The van der Waals surface area contributed by atoms with Gasteiger partial charge in [-0.05, 0) is 24.3 Å². The van der Waals surface area contributed by atoms with E-state index in [9.17, 15) is 4.79 Å². The molecule has 24 heavy (non-hydrogen) atoms. The Kier molecular flexibility index (Phi) is 4.00. The van der Waals surface area contributed by atoms with Crippen LogP contribution in [0.25, 0.3) is 10.2 Å². The van der Waals surface area contributed by atoms with Crippen LogP contribution < -0.4 is 9.47 Å². The predicted octanol–water partition coefficient (Wildman–Crippen LogP) is 2.36. The Morgan fingerprint density at radius 1 is 1.25 bits per heavy atom. The molecule has 0 bridgehead atoms. The molecular formula is C17H15N3O3S. The fourth-order valence-electron chi connectivity index (χ4n) is 2.43. The summed E-state index contributed by atoms with van der Waals surface area (Å²) in [6, 6.07) is 11.5. The van der Waals surface area contributed by atoms with Gasteiger partial charge in [-0.1, -0.05) is 23.5 Å². The highest BCUT2D eigenvalue weighted by atomic mass is 32.1. The van der Waals surface area contributed by atoms with Gasteiger partial charge in [-0.25, -0.2) is 4.98 Å². The number of rotatable bonds is 5. The first kappa shape index (κ1) is 14.9. The normalized spacial score (nSPS) is 14.4. The second-order valence-electron chi connectivity index (χ2n) is 5.46. The Balaban J connectivity index is 1.26. The maximum Gasteiger partial charge on any atom is 0.274 e. The summed E-state index contributed by atoms with van der Waals surface area (Å²) in [6.45, 7) is 1.13. The Labute approximate surface area is 142 Å². The van der Waals surface area contributed by atoms with E-state index in [1.54, 1.807) is 29.4 Å². The van der Waals surface area contributed by atoms with Crippen molar-refractivity contribution in [1.82, 2.24) is 14.9 Å². The number of benzene rings is 1. The number of pyridine rings is 1. The largest absolute Gasteiger partial charge is 0.482 e. The van der Waals surface area contributed by atoms with Crippen molar-refractivity contribution in [3.05, 3.63) is 48.8 Å². The molecule has 0 N–H and O–H groups in total. The number of hydrogen-bond donors (Lipinski definition) is 0. The molecule has 1 aromatic carbocycles. The van der Waals surface area contributed by atoms with Crippen LogP contribution in [0.2, 0.25) is 0 Å². The van der Waals surface area contributed by atoms with E-state index in [0.29, 0.717) is 24.0 Å². The molecule has 7 heteroatoms. The second kappa shape index (κ2) is 6.45. The van der Waals surface area contributed by atoms with Crippen molar-refractivity contribution in [2.24, 2.45) is 0 Å². The van der Waals surface area contributed by atoms with Crippen molar-refractivity contribution in [1.29, 1.82) is 0 Å². The zero-order valence-corrected chi connectivity index (χ0v) is 13.6. The lowest BCUT2D eigenvalue weighted by molar-refractivity contribution is -0.142. The molecule has 0 atom stereocenters. The summed E-state index contributed by atoms with van der Waals surface area (Å²) in [6.07, 6.45) is 3.24. The van der Waals surface area contributed by atoms with Gasteiger partial charge in [0.25, 0.3) is 11.1 Å². The van der Waals surface area contributed by atoms with Crippen LogP contribution in [0.3, 0.4) is 0 Å². The maximum atomic E-state index is 12.0. The smallest absolute Gasteiger partial charge is 0.274 e. The zero-order chi connectivity index (χ0) is 16.4. The van der Waals surface area contributed by atoms with Crippen LogP contribution >= 0.6 is 11.3 Å². The van der Waals surface area contributed by atoms with Crippen LogP contribution in [0.1, 0.15) is 0 Å². The van der Waals surface area contributed by atoms with Gasteiger partial charge in [0.05, 0.1) is 29.5 Å². The van der Waals surface area contributed by atoms with Crippen molar-refractivity contribution in [2.75, 3.05) is 19.7 Å². The van der Waals surface area contributed by atoms with E-state index >= 15 is 0 Å². The van der Waals surface area contributed by atoms with Gasteiger partial charge >= 0.3 is 0 Å². The summed E-state index contributed by atoms with van der Waals surface area (Å²) in [5, 5.41) is 0.653. The zero-order valence-electron chi connectivity index (χ0n) is 12.8. The van der Waals surface area contributed by atoms with Gasteiger partial charge < -0.3 is 14.4 Å². The number of aromatic nitrogens is 2. The maximum absolute atomic E-state index is 12.0. The summed E-state index contributed by atoms with van der Waals surface area (Å²) >= 11 is 1.52. The van der Waals surface area contributed by atoms with Gasteiger partial charge in [0.1, 0.15) is 11.9 Å². The SMILES string of the molecule is O=C(COc1cccnc1)N1CC(Oc2nc3ccccc3s2)C1. The molecule has 0 spiro atoms. The number of para-hydroxylation sites is 1. The predicted molar refractivity (Wildman–Crippen MR) is 90.3 cm³/mol. The second-order valence-corrected chi connectivity index (χ2v) is 6.46. The Hall–Kier alpha value is -2.67. The molecule has 0 aliphatic carbocycles. The molecular weight excluding hydrogens is 326 g/mol. The number of nitrogens with zero attached hydrogens (tertiary/aromatic N) is 3. The fraction of sp³-hybridized carbons (Fsp3) is 0.235. The summed E-state index contributed by atoms with van der Waals surface area (Å²) in [5.41, 5.74) is 0.939. The molecule has 122 valence electrons. The average molecular weight is 341 g/mol. The number of ether oxygens (including phenoxy) is 2. The lowest BCUT2D eigenvalue weighted by Crippen LogP contribution is -2.57. The van der Waals surface area contributed by atoms with Crippen molar-refractivity contribution in [3.8, 4) is 10.9 Å². The van der Waals surface area contributed by atoms with Crippen LogP contribution in [0.5, 0.6) is 10.9 Å². The number of carbonyl (C=O) groups is 1. The molecule has 3 aromatic rings. The third-order valence-electron chi connectivity index (χ3n) is 3.74. The number of thiazole rings is 1. The first-order valence-electron chi connectivity index (χ1n) is 7.61. The highest BCUT2D eigenvalue weighted by Crippen LogP contribution is 2.29. The molecule has 0 radical (unpaired) electrons. The molecule has 1 aliphatic heterocycles. The Morgan fingerprint density at radius 2 is 2.12 bits per heavy atom. The van der Waals surface area contributed by atoms with Crippen LogP contribution in [-0.2, 0) is 4.79 Å². The highest BCUT2D eigenvalue weighted by molar-refractivity contribution is 7.20. The van der Waals surface area contributed by atoms with Crippen molar-refractivity contribution in [3.63, 3.8) is 0 Å². The minimum atomic E-state index is -0.0528. The molecule has 1 aliphatic rings. The van der Waals surface area contributed by atoms with E-state index in [1.165, 1.54) is 11.3 Å². The molecule has 1 saturated heterocycles. The third kappa shape index (κ3) is 3.16. The standard InChI is InChI=1S/C17H15N3O3S/c21-16(11-22-12-4-3-7-18-8-12)20-9-13(10-20)23-17-19-14-5-1-2-6-15(14)24-17/h1-8,13H,9-11H2. The number of carbonyl (C=O) groups excluding carboxylic acids is 1. The van der Waals surface area contributed by atoms with Gasteiger partial charge in [-0.2, -0.15) is 0 Å². The first-order chi connectivity index (χ1) is 11.8. The monoisotopic (exact) mass is 341 g/mol. The summed E-state index contributed by atoms with van der Waals surface area (Å²) in [5.74, 6) is 0.539. The average Bonchev–Trinajstić information content (AvgIpc) is 2.99. The third-order valence-corrected chi connectivity index (χ3v) is 4.67. The number of hydrogen-bond acceptors (Lipinski definition) is 6. The van der Waals surface area contributed by atoms with Gasteiger partial charge in [0.15, 0.2) is 6.61 Å². The molecule has 0 unspecified atom stereocenters. The fourth-order valence-corrected chi connectivity index (χ4v) is 3.31. The van der Waals surface area contributed by atoms with Gasteiger partial charge in [0.2, 0.25) is 0 Å². The van der Waals surface area contributed by atoms with E-state index in [2.05, 4.69) is 9.97 Å². The summed E-state index contributed by atoms with van der Waals surface area (Å²) in [4.78, 5) is 22.2. The first-order valence-corrected chi connectivity index (χ1v) is 8.42. The number of fused-ring (bicyclic) bond motifs is 1. The molecule has 1 amide bonds. The van der Waals surface area contributed by atoms with E-state index in [1.807, 2.05) is 24.3 Å². The van der Waals surface area contributed by atoms with Crippen LogP contribution in [-0.4, -0.2) is 46.6 Å². The van der Waals surface area contributed by atoms with Gasteiger partial charge in [-0.3, -0.25) is 9.78 Å². The quantitative estimate of drug-likeness (QED) is 0.713. The minimum absolute atomic E-state index is 0.00657. The van der Waals surface area contributed by atoms with Crippen molar-refractivity contribution in [2.45, 2.75) is 6.10 Å². The molecule has 2 aromatic heterocycles. The van der Waals surface area contributed by atoms with Gasteiger partial charge in [-0.15, -0.1) is 0 Å². The van der Waals surface area contributed by atoms with E-state index in [-0.39, 0.29) is 18.6 Å². The topological polar surface area (TPSA) is 64.5 Å². The van der Waals surface area contributed by atoms with Gasteiger partial charge in [0, 0.05) is 6.20 Å². The van der Waals surface area contributed by atoms with Crippen LogP contribution in [0.15, 0.2) is 48.8 Å². The van der Waals surface area contributed by atoms with E-state index in [0.717, 1.165) is 10.2 Å². The lowest BCUT2D eigenvalue weighted by atomic mass is 10.1. The summed E-state index contributed by atoms with van der Waals surface area (Å²) < 4.78 is 12.4. The number of amides is 1. The van der Waals surface area contributed by atoms with Crippen molar-refractivity contribution < 1.29 is 14.3 Å². The molecule has 6 nitrogen and oxygen atoms in total. The van der Waals surface area contributed by atoms with Crippen LogP contribution in [0.4, 0.5) is 0 Å². The summed E-state index contributed by atoms with van der Waals surface area (Å²) in [7, 11) is 0. The molecule has 4 rings (SSSR count). The molecule has 0 saturated carbocycles.